The Labute approximate surface area is 162 Å². The molecule has 0 saturated heterocycles. The summed E-state index contributed by atoms with van der Waals surface area (Å²) < 4.78 is 50.5. The minimum atomic E-state index is -4.57. The van der Waals surface area contributed by atoms with Crippen LogP contribution < -0.4 is 14.8 Å². The number of nitrogens with zero attached hydrogens (tertiary/aromatic N) is 2. The highest BCUT2D eigenvalue weighted by molar-refractivity contribution is 5.55. The van der Waals surface area contributed by atoms with Crippen LogP contribution in [0.5, 0.6) is 11.6 Å². The fourth-order valence-electron chi connectivity index (χ4n) is 2.99. The Morgan fingerprint density at radius 3 is 2.50 bits per heavy atom. The Hall–Kier alpha value is -2.51. The molecule has 0 unspecified atom stereocenters. The molecule has 2 aromatic rings. The van der Waals surface area contributed by atoms with Gasteiger partial charge in [-0.3, -0.25) is 0 Å². The maximum atomic E-state index is 13.1. The third kappa shape index (κ3) is 5.50. The number of unbranched alkanes of at least 4 members (excludes halogenated alkanes) is 1. The second kappa shape index (κ2) is 9.12. The van der Waals surface area contributed by atoms with Crippen LogP contribution in [0.4, 0.5) is 24.8 Å². The van der Waals surface area contributed by atoms with E-state index in [1.165, 1.54) is 12.8 Å². The number of ether oxygens (including phenoxy) is 2. The summed E-state index contributed by atoms with van der Waals surface area (Å²) in [4.78, 5) is 7.70. The first-order valence-corrected chi connectivity index (χ1v) is 9.56. The van der Waals surface area contributed by atoms with Crippen LogP contribution in [0.15, 0.2) is 30.5 Å². The predicted molar refractivity (Wildman–Crippen MR) is 100 cm³/mol. The van der Waals surface area contributed by atoms with Crippen molar-refractivity contribution in [3.05, 3.63) is 36.0 Å². The van der Waals surface area contributed by atoms with E-state index in [-0.39, 0.29) is 18.7 Å². The molecule has 1 N–H and O–H groups in total. The highest BCUT2D eigenvalue weighted by atomic mass is 19.4. The molecule has 1 aromatic carbocycles. The molecule has 0 atom stereocenters. The maximum Gasteiger partial charge on any atom is 0.423 e. The minimum absolute atomic E-state index is 0.0453. The van der Waals surface area contributed by atoms with Gasteiger partial charge in [-0.2, -0.15) is 18.2 Å². The normalized spacial score (nSPS) is 14.9. The van der Waals surface area contributed by atoms with Crippen LogP contribution in [0.1, 0.15) is 51.0 Å². The van der Waals surface area contributed by atoms with Gasteiger partial charge in [0.25, 0.3) is 0 Å². The van der Waals surface area contributed by atoms with Gasteiger partial charge in [-0.05, 0) is 56.4 Å². The molecule has 1 aromatic heterocycles. The second-order valence-corrected chi connectivity index (χ2v) is 6.79. The lowest BCUT2D eigenvalue weighted by Crippen LogP contribution is -2.13. The van der Waals surface area contributed by atoms with Gasteiger partial charge < -0.3 is 14.8 Å². The van der Waals surface area contributed by atoms with Gasteiger partial charge in [0.15, 0.2) is 0 Å². The largest absolute Gasteiger partial charge is 0.490 e. The van der Waals surface area contributed by atoms with Gasteiger partial charge in [-0.1, -0.05) is 13.3 Å². The van der Waals surface area contributed by atoms with Crippen LogP contribution in [-0.2, 0) is 6.18 Å². The molecule has 0 spiro atoms. The van der Waals surface area contributed by atoms with Crippen molar-refractivity contribution in [2.24, 2.45) is 0 Å². The van der Waals surface area contributed by atoms with Crippen LogP contribution in [-0.4, -0.2) is 22.7 Å². The van der Waals surface area contributed by atoms with Gasteiger partial charge in [-0.25, -0.2) is 4.98 Å². The molecule has 5 nitrogen and oxygen atoms in total. The van der Waals surface area contributed by atoms with Gasteiger partial charge in [0.1, 0.15) is 11.3 Å². The highest BCUT2D eigenvalue weighted by Crippen LogP contribution is 2.35. The van der Waals surface area contributed by atoms with Crippen molar-refractivity contribution >= 4 is 11.6 Å². The molecule has 0 amide bonds. The Morgan fingerprint density at radius 1 is 1.14 bits per heavy atom. The number of benzene rings is 1. The first-order valence-electron chi connectivity index (χ1n) is 9.56. The van der Waals surface area contributed by atoms with Crippen molar-refractivity contribution < 1.29 is 22.6 Å². The summed E-state index contributed by atoms with van der Waals surface area (Å²) in [5, 5.41) is 2.91. The standard InChI is InChI=1S/C20H24F3N3O2/c1-2-3-12-27-18-17(20(21,22)23)13-24-19(26-18)25-14-8-10-16(11-9-14)28-15-6-4-5-7-15/h8-11,13,15H,2-7,12H2,1H3,(H,24,25,26). The van der Waals surface area contributed by atoms with Gasteiger partial charge in [0.05, 0.1) is 12.7 Å². The molecule has 1 heterocycles. The lowest BCUT2D eigenvalue weighted by atomic mass is 10.2. The van der Waals surface area contributed by atoms with Crippen molar-refractivity contribution in [1.29, 1.82) is 0 Å². The fourth-order valence-corrected chi connectivity index (χ4v) is 2.99. The van der Waals surface area contributed by atoms with Crippen LogP contribution in [0.3, 0.4) is 0 Å². The van der Waals surface area contributed by atoms with Crippen molar-refractivity contribution in [3.63, 3.8) is 0 Å². The molecule has 0 radical (unpaired) electrons. The quantitative estimate of drug-likeness (QED) is 0.578. The summed E-state index contributed by atoms with van der Waals surface area (Å²) in [6.45, 7) is 2.10. The molecule has 152 valence electrons. The number of rotatable bonds is 8. The zero-order chi connectivity index (χ0) is 20.0. The summed E-state index contributed by atoms with van der Waals surface area (Å²) >= 11 is 0. The third-order valence-electron chi connectivity index (χ3n) is 4.51. The van der Waals surface area contributed by atoms with Crippen molar-refractivity contribution in [2.45, 2.75) is 57.7 Å². The molecule has 1 saturated carbocycles. The number of halogens is 3. The number of nitrogens with one attached hydrogen (secondary N) is 1. The fraction of sp³-hybridized carbons (Fsp3) is 0.500. The number of aromatic nitrogens is 2. The summed E-state index contributed by atoms with van der Waals surface area (Å²) in [6, 6.07) is 7.21. The number of hydrogen-bond donors (Lipinski definition) is 1. The first-order chi connectivity index (χ1) is 13.5. The van der Waals surface area contributed by atoms with E-state index in [1.54, 1.807) is 12.1 Å². The Balaban J connectivity index is 1.69. The highest BCUT2D eigenvalue weighted by Gasteiger charge is 2.36. The van der Waals surface area contributed by atoms with Gasteiger partial charge >= 0.3 is 6.18 Å². The predicted octanol–water partition coefficient (Wildman–Crippen LogP) is 5.74. The monoisotopic (exact) mass is 395 g/mol. The van der Waals surface area contributed by atoms with Crippen molar-refractivity contribution in [2.75, 3.05) is 11.9 Å². The zero-order valence-corrected chi connectivity index (χ0v) is 15.8. The smallest absolute Gasteiger partial charge is 0.423 e. The number of anilines is 2. The number of hydrogen-bond acceptors (Lipinski definition) is 5. The second-order valence-electron chi connectivity index (χ2n) is 6.79. The van der Waals surface area contributed by atoms with Crippen LogP contribution in [0, 0.1) is 0 Å². The van der Waals surface area contributed by atoms with Gasteiger partial charge in [-0.15, -0.1) is 0 Å². The summed E-state index contributed by atoms with van der Waals surface area (Å²) in [6.07, 6.45) is 2.42. The Kier molecular flexibility index (Phi) is 6.59. The SMILES string of the molecule is CCCCOc1nc(Nc2ccc(OC3CCCC3)cc2)ncc1C(F)(F)F. The first kappa shape index (κ1) is 20.2. The summed E-state index contributed by atoms with van der Waals surface area (Å²) in [5.41, 5.74) is -0.326. The topological polar surface area (TPSA) is 56.3 Å². The van der Waals surface area contributed by atoms with E-state index in [2.05, 4.69) is 15.3 Å². The van der Waals surface area contributed by atoms with E-state index in [9.17, 15) is 13.2 Å². The lowest BCUT2D eigenvalue weighted by Gasteiger charge is -2.15. The Morgan fingerprint density at radius 2 is 1.86 bits per heavy atom. The molecule has 28 heavy (non-hydrogen) atoms. The molecule has 3 rings (SSSR count). The Bertz CT molecular complexity index is 760. The molecule has 0 aliphatic heterocycles. The molecule has 8 heteroatoms. The van der Waals surface area contributed by atoms with Crippen molar-refractivity contribution in [1.82, 2.24) is 9.97 Å². The third-order valence-corrected chi connectivity index (χ3v) is 4.51. The average Bonchev–Trinajstić information content (AvgIpc) is 3.16. The summed E-state index contributed by atoms with van der Waals surface area (Å²) in [7, 11) is 0. The van der Waals surface area contributed by atoms with Crippen LogP contribution in [0.25, 0.3) is 0 Å². The van der Waals surface area contributed by atoms with Crippen molar-refractivity contribution in [3.8, 4) is 11.6 Å². The van der Waals surface area contributed by atoms with Gasteiger partial charge in [0, 0.05) is 11.9 Å². The molecule has 1 aliphatic carbocycles. The van der Waals surface area contributed by atoms with E-state index in [0.29, 0.717) is 12.1 Å². The van der Waals surface area contributed by atoms with E-state index in [1.807, 2.05) is 19.1 Å². The van der Waals surface area contributed by atoms with Crippen LogP contribution >= 0.6 is 0 Å². The molecule has 1 fully saturated rings. The lowest BCUT2D eigenvalue weighted by molar-refractivity contribution is -0.139. The zero-order valence-electron chi connectivity index (χ0n) is 15.8. The molecular formula is C20H24F3N3O2. The minimum Gasteiger partial charge on any atom is -0.490 e. The molecule has 0 bridgehead atoms. The molecule has 1 aliphatic rings. The van der Waals surface area contributed by atoms with E-state index in [4.69, 9.17) is 9.47 Å². The average molecular weight is 395 g/mol. The van der Waals surface area contributed by atoms with E-state index >= 15 is 0 Å². The van der Waals surface area contributed by atoms with E-state index < -0.39 is 17.6 Å². The van der Waals surface area contributed by atoms with E-state index in [0.717, 1.165) is 31.2 Å². The number of alkyl halides is 3. The molecular weight excluding hydrogens is 371 g/mol. The maximum absolute atomic E-state index is 13.1. The summed E-state index contributed by atoms with van der Waals surface area (Å²) in [5.74, 6) is 0.359. The van der Waals surface area contributed by atoms with Crippen LogP contribution in [0.2, 0.25) is 0 Å². The van der Waals surface area contributed by atoms with Gasteiger partial charge in [0.2, 0.25) is 11.8 Å².